The molecule has 0 radical (unpaired) electrons. The van der Waals surface area contributed by atoms with E-state index in [1.165, 1.54) is 0 Å². The topological polar surface area (TPSA) is 77.1 Å². The van der Waals surface area contributed by atoms with Crippen LogP contribution in [-0.4, -0.2) is 30.6 Å². The number of nitrogens with one attached hydrogen (secondary N) is 1. The lowest BCUT2D eigenvalue weighted by Gasteiger charge is -2.28. The van der Waals surface area contributed by atoms with Gasteiger partial charge in [0.05, 0.1) is 19.6 Å². The fourth-order valence-electron chi connectivity index (χ4n) is 4.26. The molecule has 7 heteroatoms. The molecule has 2 aliphatic rings. The van der Waals surface area contributed by atoms with E-state index < -0.39 is 6.04 Å². The van der Waals surface area contributed by atoms with Crippen molar-refractivity contribution in [1.29, 1.82) is 0 Å². The zero-order chi connectivity index (χ0) is 22.8. The number of rotatable bonds is 7. The van der Waals surface area contributed by atoms with E-state index in [1.54, 1.807) is 12.0 Å². The molecule has 168 valence electrons. The maximum absolute atomic E-state index is 13.1. The van der Waals surface area contributed by atoms with Crippen molar-refractivity contribution in [3.63, 3.8) is 0 Å². The standard InChI is InChI=1S/C26H24N2O5/c1-31-20-9-7-18(8-10-20)22(28-15-19-4-2-3-5-21(19)26(28)30)13-25(29)27-14-17-6-11-23-24(12-17)33-16-32-23/h2-12,22H,13-16H2,1H3,(H,27,29). The van der Waals surface area contributed by atoms with Crippen molar-refractivity contribution >= 4 is 11.8 Å². The lowest BCUT2D eigenvalue weighted by molar-refractivity contribution is -0.122. The third-order valence-electron chi connectivity index (χ3n) is 6.03. The first-order valence-corrected chi connectivity index (χ1v) is 10.8. The second-order valence-electron chi connectivity index (χ2n) is 8.05. The second kappa shape index (κ2) is 8.86. The number of amides is 2. The number of carbonyl (C=O) groups is 2. The van der Waals surface area contributed by atoms with E-state index in [0.29, 0.717) is 30.2 Å². The van der Waals surface area contributed by atoms with Gasteiger partial charge in [-0.3, -0.25) is 9.59 Å². The monoisotopic (exact) mass is 444 g/mol. The lowest BCUT2D eigenvalue weighted by Crippen LogP contribution is -2.34. The van der Waals surface area contributed by atoms with Crippen LogP contribution in [0, 0.1) is 0 Å². The molecule has 2 heterocycles. The maximum Gasteiger partial charge on any atom is 0.255 e. The number of hydrogen-bond acceptors (Lipinski definition) is 5. The van der Waals surface area contributed by atoms with E-state index in [4.69, 9.17) is 14.2 Å². The molecule has 33 heavy (non-hydrogen) atoms. The number of carbonyl (C=O) groups excluding carboxylic acids is 2. The van der Waals surface area contributed by atoms with Crippen molar-refractivity contribution < 1.29 is 23.8 Å². The average molecular weight is 444 g/mol. The Labute approximate surface area is 191 Å². The summed E-state index contributed by atoms with van der Waals surface area (Å²) < 4.78 is 16.0. The molecular formula is C26H24N2O5. The Balaban J connectivity index is 1.33. The molecule has 0 bridgehead atoms. The highest BCUT2D eigenvalue weighted by Gasteiger charge is 2.34. The van der Waals surface area contributed by atoms with Gasteiger partial charge in [-0.1, -0.05) is 36.4 Å². The minimum Gasteiger partial charge on any atom is -0.497 e. The molecule has 2 aliphatic heterocycles. The van der Waals surface area contributed by atoms with E-state index in [9.17, 15) is 9.59 Å². The van der Waals surface area contributed by atoms with Gasteiger partial charge in [-0.25, -0.2) is 0 Å². The summed E-state index contributed by atoms with van der Waals surface area (Å²) in [7, 11) is 1.61. The minimum atomic E-state index is -0.396. The highest BCUT2D eigenvalue weighted by atomic mass is 16.7. The molecule has 0 fully saturated rings. The van der Waals surface area contributed by atoms with Gasteiger partial charge in [0.2, 0.25) is 12.7 Å². The van der Waals surface area contributed by atoms with Gasteiger partial charge in [-0.15, -0.1) is 0 Å². The molecule has 0 saturated carbocycles. The fraction of sp³-hybridized carbons (Fsp3) is 0.231. The molecule has 0 spiro atoms. The van der Waals surface area contributed by atoms with Crippen LogP contribution >= 0.6 is 0 Å². The molecule has 0 aromatic heterocycles. The summed E-state index contributed by atoms with van der Waals surface area (Å²) >= 11 is 0. The van der Waals surface area contributed by atoms with Crippen LogP contribution in [0.1, 0.15) is 39.5 Å². The van der Waals surface area contributed by atoms with Crippen molar-refractivity contribution in [2.45, 2.75) is 25.6 Å². The minimum absolute atomic E-state index is 0.0602. The first kappa shape index (κ1) is 20.9. The van der Waals surface area contributed by atoms with Gasteiger partial charge in [0.25, 0.3) is 5.91 Å². The molecule has 5 rings (SSSR count). The van der Waals surface area contributed by atoms with Crippen molar-refractivity contribution in [3.05, 3.63) is 89.0 Å². The van der Waals surface area contributed by atoms with Gasteiger partial charge < -0.3 is 24.4 Å². The Morgan fingerprint density at radius 3 is 2.64 bits per heavy atom. The van der Waals surface area contributed by atoms with Crippen LogP contribution in [0.5, 0.6) is 17.2 Å². The third kappa shape index (κ3) is 4.22. The summed E-state index contributed by atoms with van der Waals surface area (Å²) in [5.74, 6) is 1.91. The van der Waals surface area contributed by atoms with Crippen LogP contribution in [0.25, 0.3) is 0 Å². The highest BCUT2D eigenvalue weighted by Crippen LogP contribution is 2.35. The molecule has 3 aromatic carbocycles. The normalized spacial score (nSPS) is 14.7. The lowest BCUT2D eigenvalue weighted by atomic mass is 10.0. The van der Waals surface area contributed by atoms with Gasteiger partial charge in [0.1, 0.15) is 5.75 Å². The van der Waals surface area contributed by atoms with Gasteiger partial charge in [-0.05, 0) is 47.0 Å². The fourth-order valence-corrected chi connectivity index (χ4v) is 4.26. The summed E-state index contributed by atoms with van der Waals surface area (Å²) in [6.07, 6.45) is 0.149. The number of benzene rings is 3. The van der Waals surface area contributed by atoms with Gasteiger partial charge >= 0.3 is 0 Å². The molecule has 1 unspecified atom stereocenters. The summed E-state index contributed by atoms with van der Waals surface area (Å²) in [5, 5.41) is 2.97. The Morgan fingerprint density at radius 2 is 1.85 bits per heavy atom. The Kier molecular flexibility index (Phi) is 5.60. The molecule has 7 nitrogen and oxygen atoms in total. The van der Waals surface area contributed by atoms with E-state index in [0.717, 1.165) is 22.4 Å². The van der Waals surface area contributed by atoms with Crippen LogP contribution in [-0.2, 0) is 17.9 Å². The maximum atomic E-state index is 13.1. The first-order chi connectivity index (χ1) is 16.1. The largest absolute Gasteiger partial charge is 0.497 e. The number of methoxy groups -OCH3 is 1. The highest BCUT2D eigenvalue weighted by molar-refractivity contribution is 5.98. The summed E-state index contributed by atoms with van der Waals surface area (Å²) in [4.78, 5) is 27.9. The smallest absolute Gasteiger partial charge is 0.255 e. The van der Waals surface area contributed by atoms with Crippen molar-refractivity contribution in [1.82, 2.24) is 10.2 Å². The number of fused-ring (bicyclic) bond motifs is 2. The molecular weight excluding hydrogens is 420 g/mol. The van der Waals surface area contributed by atoms with Crippen LogP contribution in [0.15, 0.2) is 66.7 Å². The summed E-state index contributed by atoms with van der Waals surface area (Å²) in [6, 6.07) is 20.3. The average Bonchev–Trinajstić information content (AvgIpc) is 3.45. The van der Waals surface area contributed by atoms with Crippen molar-refractivity contribution in [2.24, 2.45) is 0 Å². The summed E-state index contributed by atoms with van der Waals surface area (Å²) in [5.41, 5.74) is 3.46. The number of ether oxygens (including phenoxy) is 3. The SMILES string of the molecule is COc1ccc(C(CC(=O)NCc2ccc3c(c2)OCO3)N2Cc3ccccc3C2=O)cc1. The molecule has 1 atom stereocenters. The predicted molar refractivity (Wildman–Crippen MR) is 121 cm³/mol. The Bertz CT molecular complexity index is 1190. The third-order valence-corrected chi connectivity index (χ3v) is 6.03. The molecule has 1 N–H and O–H groups in total. The zero-order valence-corrected chi connectivity index (χ0v) is 18.2. The molecule has 3 aromatic rings. The zero-order valence-electron chi connectivity index (χ0n) is 18.2. The molecule has 2 amide bonds. The van der Waals surface area contributed by atoms with Gasteiger partial charge in [0, 0.05) is 18.7 Å². The van der Waals surface area contributed by atoms with Crippen molar-refractivity contribution in [2.75, 3.05) is 13.9 Å². The molecule has 0 saturated heterocycles. The van der Waals surface area contributed by atoms with Crippen LogP contribution in [0.4, 0.5) is 0 Å². The van der Waals surface area contributed by atoms with Crippen LogP contribution in [0.2, 0.25) is 0 Å². The quantitative estimate of drug-likeness (QED) is 0.599. The second-order valence-corrected chi connectivity index (χ2v) is 8.05. The van der Waals surface area contributed by atoms with E-state index in [1.807, 2.05) is 66.7 Å². The Morgan fingerprint density at radius 1 is 1.06 bits per heavy atom. The number of hydrogen-bond donors (Lipinski definition) is 1. The van der Waals surface area contributed by atoms with Gasteiger partial charge in [-0.2, -0.15) is 0 Å². The Hall–Kier alpha value is -4.00. The van der Waals surface area contributed by atoms with Crippen LogP contribution < -0.4 is 19.5 Å². The van der Waals surface area contributed by atoms with E-state index in [-0.39, 0.29) is 25.0 Å². The predicted octanol–water partition coefficient (Wildman–Crippen LogP) is 3.83. The van der Waals surface area contributed by atoms with E-state index >= 15 is 0 Å². The molecule has 0 aliphatic carbocycles. The van der Waals surface area contributed by atoms with Gasteiger partial charge in [0.15, 0.2) is 11.5 Å². The van der Waals surface area contributed by atoms with E-state index in [2.05, 4.69) is 5.32 Å². The summed E-state index contributed by atoms with van der Waals surface area (Å²) in [6.45, 7) is 1.04. The first-order valence-electron chi connectivity index (χ1n) is 10.8. The number of nitrogens with zero attached hydrogens (tertiary/aromatic N) is 1. The van der Waals surface area contributed by atoms with Crippen LogP contribution in [0.3, 0.4) is 0 Å². The van der Waals surface area contributed by atoms with Crippen molar-refractivity contribution in [3.8, 4) is 17.2 Å².